The second-order valence-corrected chi connectivity index (χ2v) is 9.04. The van der Waals surface area contributed by atoms with E-state index in [1.807, 2.05) is 78.2 Å². The number of hydrogen-bond acceptors (Lipinski definition) is 5. The molecule has 0 spiro atoms. The summed E-state index contributed by atoms with van der Waals surface area (Å²) in [6, 6.07) is 21.8. The third-order valence-electron chi connectivity index (χ3n) is 6.88. The highest BCUT2D eigenvalue weighted by molar-refractivity contribution is 5.85. The summed E-state index contributed by atoms with van der Waals surface area (Å²) >= 11 is 0. The Balaban J connectivity index is 1.49. The van der Waals surface area contributed by atoms with Gasteiger partial charge in [0.2, 0.25) is 5.95 Å². The normalized spacial score (nSPS) is 13.3. The van der Waals surface area contributed by atoms with Crippen LogP contribution in [0.4, 0.5) is 11.6 Å². The van der Waals surface area contributed by atoms with E-state index < -0.39 is 0 Å². The fourth-order valence-corrected chi connectivity index (χ4v) is 5.14. The van der Waals surface area contributed by atoms with Crippen molar-refractivity contribution in [2.45, 2.75) is 26.4 Å². The third-order valence-corrected chi connectivity index (χ3v) is 6.88. The maximum atomic E-state index is 13.8. The summed E-state index contributed by atoms with van der Waals surface area (Å²) in [6.07, 6.45) is 0.858. The van der Waals surface area contributed by atoms with E-state index in [1.54, 1.807) is 7.05 Å². The van der Waals surface area contributed by atoms with Crippen molar-refractivity contribution in [3.63, 3.8) is 0 Å². The monoisotopic (exact) mass is 481 g/mol. The molecule has 0 bridgehead atoms. The second-order valence-electron chi connectivity index (χ2n) is 9.04. The zero-order valence-electron chi connectivity index (χ0n) is 20.3. The molecule has 8 nitrogen and oxygen atoms in total. The fraction of sp³-hybridized carbons (Fsp3) is 0.250. The minimum Gasteiger partial charge on any atom is -0.494 e. The lowest BCUT2D eigenvalue weighted by Crippen LogP contribution is -2.40. The molecular weight excluding hydrogens is 454 g/mol. The molecule has 0 saturated carbocycles. The highest BCUT2D eigenvalue weighted by Gasteiger charge is 2.27. The molecule has 1 aliphatic rings. The van der Waals surface area contributed by atoms with Crippen LogP contribution in [0.2, 0.25) is 0 Å². The van der Waals surface area contributed by atoms with Gasteiger partial charge in [0.1, 0.15) is 5.75 Å². The van der Waals surface area contributed by atoms with Crippen molar-refractivity contribution in [3.05, 3.63) is 93.1 Å². The van der Waals surface area contributed by atoms with Gasteiger partial charge in [-0.15, -0.1) is 0 Å². The van der Waals surface area contributed by atoms with Crippen LogP contribution < -0.4 is 20.9 Å². The number of hydrogen-bond donors (Lipinski definition) is 0. The molecule has 36 heavy (non-hydrogen) atoms. The Morgan fingerprint density at radius 2 is 1.72 bits per heavy atom. The minimum absolute atomic E-state index is 0.200. The van der Waals surface area contributed by atoms with Crippen LogP contribution >= 0.6 is 0 Å². The quantitative estimate of drug-likeness (QED) is 0.379. The van der Waals surface area contributed by atoms with E-state index in [1.165, 1.54) is 9.13 Å². The molecule has 6 rings (SSSR count). The predicted octanol–water partition coefficient (Wildman–Crippen LogP) is 4.04. The topological polar surface area (TPSA) is 74.3 Å². The van der Waals surface area contributed by atoms with Gasteiger partial charge in [-0.25, -0.2) is 4.79 Å². The molecule has 0 saturated heterocycles. The summed E-state index contributed by atoms with van der Waals surface area (Å²) < 4.78 is 10.4. The van der Waals surface area contributed by atoms with Crippen molar-refractivity contribution in [1.29, 1.82) is 0 Å². The molecule has 5 aromatic rings. The van der Waals surface area contributed by atoms with Crippen molar-refractivity contribution in [2.24, 2.45) is 7.05 Å². The van der Waals surface area contributed by atoms with Gasteiger partial charge in [-0.1, -0.05) is 42.5 Å². The molecule has 0 unspecified atom stereocenters. The van der Waals surface area contributed by atoms with Crippen molar-refractivity contribution >= 4 is 33.6 Å². The molecule has 3 heterocycles. The highest BCUT2D eigenvalue weighted by atomic mass is 16.5. The number of imidazole rings is 1. The molecule has 0 aliphatic carbocycles. The van der Waals surface area contributed by atoms with Gasteiger partial charge in [-0.05, 0) is 53.9 Å². The summed E-state index contributed by atoms with van der Waals surface area (Å²) in [7, 11) is 1.68. The summed E-state index contributed by atoms with van der Waals surface area (Å²) in [5, 5.41) is 2.11. The van der Waals surface area contributed by atoms with Crippen LogP contribution in [0.3, 0.4) is 0 Å². The fourth-order valence-electron chi connectivity index (χ4n) is 5.14. The minimum atomic E-state index is -0.372. The van der Waals surface area contributed by atoms with Crippen LogP contribution in [-0.4, -0.2) is 31.8 Å². The van der Waals surface area contributed by atoms with Crippen molar-refractivity contribution in [1.82, 2.24) is 18.7 Å². The lowest BCUT2D eigenvalue weighted by Gasteiger charge is -2.29. The molecule has 3 aromatic carbocycles. The van der Waals surface area contributed by atoms with Gasteiger partial charge in [0.05, 0.1) is 13.2 Å². The first-order valence-electron chi connectivity index (χ1n) is 12.2. The summed E-state index contributed by atoms with van der Waals surface area (Å²) in [5.74, 6) is 1.49. The number of nitrogens with zero attached hydrogens (tertiary/aromatic N) is 5. The van der Waals surface area contributed by atoms with Crippen molar-refractivity contribution in [3.8, 4) is 5.75 Å². The van der Waals surface area contributed by atoms with Crippen LogP contribution in [0, 0.1) is 0 Å². The second kappa shape index (κ2) is 8.71. The Kier molecular flexibility index (Phi) is 5.36. The van der Waals surface area contributed by atoms with E-state index in [-0.39, 0.29) is 17.8 Å². The molecule has 1 aliphatic heterocycles. The Morgan fingerprint density at radius 1 is 0.944 bits per heavy atom. The van der Waals surface area contributed by atoms with E-state index in [9.17, 15) is 9.59 Å². The predicted molar refractivity (Wildman–Crippen MR) is 142 cm³/mol. The van der Waals surface area contributed by atoms with Gasteiger partial charge >= 0.3 is 5.69 Å². The Hall–Kier alpha value is -4.33. The summed E-state index contributed by atoms with van der Waals surface area (Å²) in [6.45, 7) is 4.21. The molecule has 8 heteroatoms. The number of aromatic nitrogens is 4. The van der Waals surface area contributed by atoms with Gasteiger partial charge in [0.15, 0.2) is 11.2 Å². The van der Waals surface area contributed by atoms with Gasteiger partial charge in [0.25, 0.3) is 5.56 Å². The van der Waals surface area contributed by atoms with E-state index in [0.29, 0.717) is 30.3 Å². The summed E-state index contributed by atoms with van der Waals surface area (Å²) in [5.41, 5.74) is 2.09. The Morgan fingerprint density at radius 3 is 2.53 bits per heavy atom. The van der Waals surface area contributed by atoms with Crippen LogP contribution in [0.15, 0.2) is 76.3 Å². The number of benzene rings is 3. The van der Waals surface area contributed by atoms with E-state index in [4.69, 9.17) is 9.72 Å². The van der Waals surface area contributed by atoms with Gasteiger partial charge in [-0.2, -0.15) is 4.98 Å². The lowest BCUT2D eigenvalue weighted by molar-refractivity contribution is 0.340. The Bertz CT molecular complexity index is 1710. The number of anilines is 2. The zero-order chi connectivity index (χ0) is 24.8. The lowest BCUT2D eigenvalue weighted by atomic mass is 10.0. The van der Waals surface area contributed by atoms with E-state index >= 15 is 0 Å². The number of aryl methyl sites for hydroxylation is 2. The van der Waals surface area contributed by atoms with Crippen LogP contribution in [0.5, 0.6) is 5.75 Å². The summed E-state index contributed by atoms with van der Waals surface area (Å²) in [4.78, 5) is 34.0. The zero-order valence-corrected chi connectivity index (χ0v) is 20.3. The molecule has 0 atom stereocenters. The average Bonchev–Trinajstić information content (AvgIpc) is 3.31. The molecule has 2 aromatic heterocycles. The van der Waals surface area contributed by atoms with Crippen molar-refractivity contribution < 1.29 is 4.74 Å². The van der Waals surface area contributed by atoms with E-state index in [2.05, 4.69) is 4.90 Å². The highest BCUT2D eigenvalue weighted by Crippen LogP contribution is 2.32. The number of rotatable bonds is 5. The van der Waals surface area contributed by atoms with Crippen LogP contribution in [0.1, 0.15) is 18.9 Å². The maximum absolute atomic E-state index is 13.8. The SMILES string of the molecule is CCOc1ccc(N2CCCn3c2nc2c3c(=O)n(Cc3cccc4ccccc34)c(=O)n2C)cc1. The van der Waals surface area contributed by atoms with E-state index in [0.717, 1.165) is 40.7 Å². The molecule has 0 N–H and O–H groups in total. The first-order chi connectivity index (χ1) is 17.6. The van der Waals surface area contributed by atoms with Gasteiger partial charge < -0.3 is 14.2 Å². The number of fused-ring (bicyclic) bond motifs is 4. The molecule has 0 radical (unpaired) electrons. The molecular formula is C28H27N5O3. The first kappa shape index (κ1) is 22.2. The third kappa shape index (κ3) is 3.48. The molecule has 0 amide bonds. The molecule has 0 fully saturated rings. The van der Waals surface area contributed by atoms with Gasteiger partial charge in [-0.3, -0.25) is 13.9 Å². The smallest absolute Gasteiger partial charge is 0.332 e. The van der Waals surface area contributed by atoms with Gasteiger partial charge in [0, 0.05) is 25.8 Å². The average molecular weight is 482 g/mol. The van der Waals surface area contributed by atoms with Crippen molar-refractivity contribution in [2.75, 3.05) is 18.1 Å². The van der Waals surface area contributed by atoms with Crippen LogP contribution in [0.25, 0.3) is 21.9 Å². The molecule has 182 valence electrons. The largest absolute Gasteiger partial charge is 0.494 e. The maximum Gasteiger partial charge on any atom is 0.332 e. The first-order valence-corrected chi connectivity index (χ1v) is 12.2. The Labute approximate surface area is 207 Å². The van der Waals surface area contributed by atoms with Crippen LogP contribution in [-0.2, 0) is 20.1 Å². The number of ether oxygens (including phenoxy) is 1. The standard InChI is InChI=1S/C28H27N5O3/c1-3-36-22-14-12-21(13-15-22)31-16-7-17-32-24-25(29-27(31)32)30(2)28(35)33(26(24)34)18-20-10-6-9-19-8-4-5-11-23(19)20/h4-6,8-15H,3,7,16-18H2,1-2H3.